The zero-order valence-electron chi connectivity index (χ0n) is 19.9. The van der Waals surface area contributed by atoms with Crippen LogP contribution in [0.15, 0.2) is 18.2 Å². The van der Waals surface area contributed by atoms with Crippen LogP contribution in [-0.4, -0.2) is 79.5 Å². The first-order valence-corrected chi connectivity index (χ1v) is 11.6. The monoisotopic (exact) mass is 472 g/mol. The first-order valence-electron chi connectivity index (χ1n) is 11.6. The van der Waals surface area contributed by atoms with E-state index in [-0.39, 0.29) is 24.2 Å². The van der Waals surface area contributed by atoms with Crippen LogP contribution in [0.5, 0.6) is 11.5 Å². The molecule has 9 N–H and O–H groups in total. The quantitative estimate of drug-likeness (QED) is 0.340. The number of nitrogens with two attached hydrogens (primary N) is 4. The number of hydrogen-bond acceptors (Lipinski definition) is 12. The maximum atomic E-state index is 6.23. The molecule has 12 heteroatoms. The largest absolute Gasteiger partial charge is 0.496 e. The van der Waals surface area contributed by atoms with Gasteiger partial charge in [0.2, 0.25) is 17.8 Å². The topological polar surface area (TPSA) is 180 Å². The summed E-state index contributed by atoms with van der Waals surface area (Å²) in [5.74, 6) is 2.90. The molecular formula is C22H36N10O2. The van der Waals surface area contributed by atoms with Gasteiger partial charge < -0.3 is 47.5 Å². The van der Waals surface area contributed by atoms with Gasteiger partial charge in [-0.1, -0.05) is 6.07 Å². The number of nitrogens with one attached hydrogen (secondary N) is 1. The Balaban J connectivity index is 1.65. The summed E-state index contributed by atoms with van der Waals surface area (Å²) in [7, 11) is 3.26. The van der Waals surface area contributed by atoms with E-state index in [1.54, 1.807) is 14.2 Å². The molecular weight excluding hydrogens is 436 g/mol. The minimum atomic E-state index is -0.0463. The predicted molar refractivity (Wildman–Crippen MR) is 132 cm³/mol. The first-order chi connectivity index (χ1) is 16.4. The molecule has 2 aliphatic rings. The standard InChI is InChI=1S/C22H36N10O2/c1-33-18-4-3-5-19(34-2)17(18)8-27-20-28-21(31-9-13(23)6-14(24)10-31)30-22(29-20)32-11-15(25)7-16(26)12-32/h3-5,13-16H,6-12,23-26H2,1-2H3,(H,27,28,29,30)/t13-,14+,15-,16+. The smallest absolute Gasteiger partial charge is 0.232 e. The average Bonchev–Trinajstić information content (AvgIpc) is 2.81. The second kappa shape index (κ2) is 10.6. The van der Waals surface area contributed by atoms with Crippen molar-refractivity contribution < 1.29 is 9.47 Å². The fraction of sp³-hybridized carbons (Fsp3) is 0.591. The van der Waals surface area contributed by atoms with Gasteiger partial charge in [0.25, 0.3) is 0 Å². The molecule has 4 rings (SSSR count). The van der Waals surface area contributed by atoms with Gasteiger partial charge in [-0.15, -0.1) is 0 Å². The van der Waals surface area contributed by atoms with Crippen molar-refractivity contribution in [3.8, 4) is 11.5 Å². The molecule has 12 nitrogen and oxygen atoms in total. The summed E-state index contributed by atoms with van der Waals surface area (Å²) in [5, 5.41) is 3.31. The van der Waals surface area contributed by atoms with Crippen LogP contribution in [-0.2, 0) is 6.54 Å². The zero-order valence-corrected chi connectivity index (χ0v) is 19.9. The zero-order chi connectivity index (χ0) is 24.2. The van der Waals surface area contributed by atoms with Gasteiger partial charge in [-0.2, -0.15) is 15.0 Å². The third-order valence-corrected chi connectivity index (χ3v) is 6.16. The van der Waals surface area contributed by atoms with Crippen LogP contribution in [0.3, 0.4) is 0 Å². The number of piperidine rings is 2. The summed E-state index contributed by atoms with van der Waals surface area (Å²) in [5.41, 5.74) is 25.8. The van der Waals surface area contributed by atoms with Crippen LogP contribution < -0.4 is 47.5 Å². The number of nitrogens with zero attached hydrogens (tertiary/aromatic N) is 5. The van der Waals surface area contributed by atoms with Crippen molar-refractivity contribution in [2.75, 3.05) is 55.5 Å². The fourth-order valence-corrected chi connectivity index (χ4v) is 4.67. The Morgan fingerprint density at radius 3 is 1.65 bits per heavy atom. The molecule has 34 heavy (non-hydrogen) atoms. The van der Waals surface area contributed by atoms with Gasteiger partial charge in [0.15, 0.2) is 0 Å². The lowest BCUT2D eigenvalue weighted by molar-refractivity contribution is 0.386. The van der Waals surface area contributed by atoms with E-state index in [0.717, 1.165) is 18.4 Å². The second-order valence-corrected chi connectivity index (χ2v) is 9.08. The molecule has 0 saturated carbocycles. The normalized spacial score (nSPS) is 25.2. The fourth-order valence-electron chi connectivity index (χ4n) is 4.67. The molecule has 3 heterocycles. The summed E-state index contributed by atoms with van der Waals surface area (Å²) in [6, 6.07) is 5.47. The van der Waals surface area contributed by atoms with Crippen LogP contribution in [0.2, 0.25) is 0 Å². The maximum absolute atomic E-state index is 6.23. The van der Waals surface area contributed by atoms with Crippen molar-refractivity contribution in [3.05, 3.63) is 23.8 Å². The highest BCUT2D eigenvalue weighted by Gasteiger charge is 2.28. The van der Waals surface area contributed by atoms with E-state index in [4.69, 9.17) is 47.4 Å². The molecule has 2 aliphatic heterocycles. The van der Waals surface area contributed by atoms with Gasteiger partial charge in [-0.25, -0.2) is 0 Å². The van der Waals surface area contributed by atoms with Crippen molar-refractivity contribution in [3.63, 3.8) is 0 Å². The van der Waals surface area contributed by atoms with Gasteiger partial charge in [0, 0.05) is 50.3 Å². The molecule has 0 spiro atoms. The van der Waals surface area contributed by atoms with E-state index in [1.165, 1.54) is 0 Å². The van der Waals surface area contributed by atoms with Crippen LogP contribution in [0, 0.1) is 0 Å². The molecule has 0 unspecified atom stereocenters. The number of rotatable bonds is 7. The highest BCUT2D eigenvalue weighted by molar-refractivity contribution is 5.50. The van der Waals surface area contributed by atoms with Crippen LogP contribution in [0.1, 0.15) is 18.4 Å². The van der Waals surface area contributed by atoms with E-state index < -0.39 is 0 Å². The summed E-state index contributed by atoms with van der Waals surface area (Å²) >= 11 is 0. The van der Waals surface area contributed by atoms with Gasteiger partial charge in [0.1, 0.15) is 11.5 Å². The van der Waals surface area contributed by atoms with Crippen molar-refractivity contribution in [2.45, 2.75) is 43.6 Å². The average molecular weight is 473 g/mol. The van der Waals surface area contributed by atoms with E-state index in [2.05, 4.69) is 5.32 Å². The Hall–Kier alpha value is -2.93. The van der Waals surface area contributed by atoms with E-state index in [0.29, 0.717) is 62.1 Å². The molecule has 4 atom stereocenters. The minimum absolute atomic E-state index is 0.0463. The van der Waals surface area contributed by atoms with Gasteiger partial charge in [-0.3, -0.25) is 0 Å². The number of methoxy groups -OCH3 is 2. The third-order valence-electron chi connectivity index (χ3n) is 6.16. The SMILES string of the molecule is COc1cccc(OC)c1CNc1nc(N2C[C@H](N)C[C@H](N)C2)nc(N2C[C@H](N)C[C@H](N)C2)n1. The minimum Gasteiger partial charge on any atom is -0.496 e. The Morgan fingerprint density at radius 1 is 0.794 bits per heavy atom. The number of benzene rings is 1. The summed E-state index contributed by atoms with van der Waals surface area (Å²) < 4.78 is 11.0. The number of hydrogen-bond donors (Lipinski definition) is 5. The Morgan fingerprint density at radius 2 is 1.24 bits per heavy atom. The molecule has 2 saturated heterocycles. The van der Waals surface area contributed by atoms with Crippen LogP contribution >= 0.6 is 0 Å². The van der Waals surface area contributed by atoms with Crippen molar-refractivity contribution in [1.82, 2.24) is 15.0 Å². The van der Waals surface area contributed by atoms with Crippen molar-refractivity contribution in [1.29, 1.82) is 0 Å². The van der Waals surface area contributed by atoms with E-state index in [1.807, 2.05) is 28.0 Å². The van der Waals surface area contributed by atoms with Gasteiger partial charge in [0.05, 0.1) is 26.3 Å². The maximum Gasteiger partial charge on any atom is 0.232 e. The van der Waals surface area contributed by atoms with E-state index >= 15 is 0 Å². The summed E-state index contributed by atoms with van der Waals surface area (Å²) in [4.78, 5) is 18.2. The lowest BCUT2D eigenvalue weighted by Gasteiger charge is -2.37. The summed E-state index contributed by atoms with van der Waals surface area (Å²) in [6.07, 6.45) is 1.53. The predicted octanol–water partition coefficient (Wildman–Crippen LogP) is -0.770. The van der Waals surface area contributed by atoms with E-state index in [9.17, 15) is 0 Å². The third kappa shape index (κ3) is 5.58. The van der Waals surface area contributed by atoms with Gasteiger partial charge >= 0.3 is 0 Å². The van der Waals surface area contributed by atoms with Crippen molar-refractivity contribution >= 4 is 17.8 Å². The molecule has 186 valence electrons. The second-order valence-electron chi connectivity index (χ2n) is 9.08. The molecule has 0 aliphatic carbocycles. The Kier molecular flexibility index (Phi) is 7.51. The molecule has 0 radical (unpaired) electrons. The molecule has 0 bridgehead atoms. The van der Waals surface area contributed by atoms with Crippen LogP contribution in [0.4, 0.5) is 17.8 Å². The lowest BCUT2D eigenvalue weighted by Crippen LogP contribution is -2.54. The number of aromatic nitrogens is 3. The molecule has 1 aromatic carbocycles. The molecule has 2 fully saturated rings. The number of anilines is 3. The highest BCUT2D eigenvalue weighted by atomic mass is 16.5. The molecule has 2 aromatic rings. The number of ether oxygens (including phenoxy) is 2. The Labute approximate surface area is 200 Å². The highest BCUT2D eigenvalue weighted by Crippen LogP contribution is 2.29. The summed E-state index contributed by atoms with van der Waals surface area (Å²) in [6.45, 7) is 2.88. The lowest BCUT2D eigenvalue weighted by atomic mass is 10.0. The molecule has 1 aromatic heterocycles. The molecule has 0 amide bonds. The van der Waals surface area contributed by atoms with Crippen LogP contribution in [0.25, 0.3) is 0 Å². The first kappa shape index (κ1) is 24.2. The van der Waals surface area contributed by atoms with Gasteiger partial charge in [-0.05, 0) is 25.0 Å². The van der Waals surface area contributed by atoms with Crippen molar-refractivity contribution in [2.24, 2.45) is 22.9 Å². The Bertz CT molecular complexity index is 890.